The maximum absolute atomic E-state index is 12.7. The van der Waals surface area contributed by atoms with Crippen LogP contribution in [0, 0.1) is 12.8 Å². The Morgan fingerprint density at radius 1 is 1.15 bits per heavy atom. The van der Waals surface area contributed by atoms with Crippen LogP contribution in [0.1, 0.15) is 24.1 Å². The van der Waals surface area contributed by atoms with E-state index in [1.165, 1.54) is 5.56 Å². The molecule has 2 aromatic heterocycles. The summed E-state index contributed by atoms with van der Waals surface area (Å²) in [5, 5.41) is 0. The van der Waals surface area contributed by atoms with E-state index in [0.717, 1.165) is 49.1 Å². The zero-order valence-corrected chi connectivity index (χ0v) is 15.1. The van der Waals surface area contributed by atoms with E-state index in [4.69, 9.17) is 0 Å². The number of hydrogen-bond acceptors (Lipinski definition) is 3. The molecule has 26 heavy (non-hydrogen) atoms. The number of benzene rings is 1. The zero-order chi connectivity index (χ0) is 17.9. The van der Waals surface area contributed by atoms with Crippen molar-refractivity contribution in [3.8, 4) is 0 Å². The number of amides is 1. The van der Waals surface area contributed by atoms with Crippen molar-refractivity contribution in [1.82, 2.24) is 19.4 Å². The second-order valence-corrected chi connectivity index (χ2v) is 7.19. The first-order valence-electron chi connectivity index (χ1n) is 9.28. The summed E-state index contributed by atoms with van der Waals surface area (Å²) in [7, 11) is 0. The zero-order valence-electron chi connectivity index (χ0n) is 15.1. The molecule has 0 aliphatic carbocycles. The summed E-state index contributed by atoms with van der Waals surface area (Å²) >= 11 is 0. The van der Waals surface area contributed by atoms with Gasteiger partial charge in [-0.05, 0) is 61.9 Å². The monoisotopic (exact) mass is 348 g/mol. The van der Waals surface area contributed by atoms with Gasteiger partial charge in [0.2, 0.25) is 5.91 Å². The van der Waals surface area contributed by atoms with Crippen molar-refractivity contribution in [2.45, 2.75) is 32.7 Å². The molecule has 3 aromatic rings. The SMILES string of the molecule is Cc1cc(CC2CCN(C(=O)Cn3cnc4ccccc43)CC2)ccn1. The highest BCUT2D eigenvalue weighted by Gasteiger charge is 2.23. The number of likely N-dealkylation sites (tertiary alicyclic amines) is 1. The lowest BCUT2D eigenvalue weighted by atomic mass is 9.90. The molecule has 0 spiro atoms. The van der Waals surface area contributed by atoms with Gasteiger partial charge in [0.1, 0.15) is 6.54 Å². The molecular weight excluding hydrogens is 324 g/mol. The lowest BCUT2D eigenvalue weighted by molar-refractivity contribution is -0.133. The molecule has 1 saturated heterocycles. The highest BCUT2D eigenvalue weighted by atomic mass is 16.2. The standard InChI is InChI=1S/C21H24N4O/c1-16-12-18(6-9-22-16)13-17-7-10-24(11-8-17)21(26)14-25-15-23-19-4-2-3-5-20(19)25/h2-6,9,12,15,17H,7-8,10-11,13-14H2,1H3. The van der Waals surface area contributed by atoms with Crippen LogP contribution in [-0.2, 0) is 17.8 Å². The maximum atomic E-state index is 12.7. The number of nitrogens with zero attached hydrogens (tertiary/aromatic N) is 4. The van der Waals surface area contributed by atoms with Gasteiger partial charge in [-0.15, -0.1) is 0 Å². The molecule has 1 aliphatic rings. The van der Waals surface area contributed by atoms with Crippen molar-refractivity contribution < 1.29 is 4.79 Å². The molecule has 134 valence electrons. The third-order valence-corrected chi connectivity index (χ3v) is 5.29. The largest absolute Gasteiger partial charge is 0.341 e. The minimum Gasteiger partial charge on any atom is -0.341 e. The number of aromatic nitrogens is 3. The van der Waals surface area contributed by atoms with Gasteiger partial charge >= 0.3 is 0 Å². The number of fused-ring (bicyclic) bond motifs is 1. The lowest BCUT2D eigenvalue weighted by Gasteiger charge is -2.32. The van der Waals surface area contributed by atoms with E-state index in [1.54, 1.807) is 6.33 Å². The van der Waals surface area contributed by atoms with E-state index in [-0.39, 0.29) is 5.91 Å². The van der Waals surface area contributed by atoms with Gasteiger partial charge in [-0.3, -0.25) is 9.78 Å². The second kappa shape index (κ2) is 7.28. The van der Waals surface area contributed by atoms with Crippen LogP contribution in [-0.4, -0.2) is 38.4 Å². The molecule has 0 unspecified atom stereocenters. The Morgan fingerprint density at radius 3 is 2.77 bits per heavy atom. The van der Waals surface area contributed by atoms with E-state index in [2.05, 4.69) is 22.1 Å². The van der Waals surface area contributed by atoms with Gasteiger partial charge in [0.05, 0.1) is 17.4 Å². The summed E-state index contributed by atoms with van der Waals surface area (Å²) in [5.41, 5.74) is 4.38. The first kappa shape index (κ1) is 16.8. The molecule has 0 radical (unpaired) electrons. The third kappa shape index (κ3) is 3.62. The summed E-state index contributed by atoms with van der Waals surface area (Å²) in [5.74, 6) is 0.835. The van der Waals surface area contributed by atoms with E-state index >= 15 is 0 Å². The fourth-order valence-corrected chi connectivity index (χ4v) is 3.83. The molecule has 4 rings (SSSR count). The summed E-state index contributed by atoms with van der Waals surface area (Å²) in [6.45, 7) is 4.10. The Balaban J connectivity index is 1.33. The molecule has 3 heterocycles. The third-order valence-electron chi connectivity index (χ3n) is 5.29. The first-order chi connectivity index (χ1) is 12.7. The molecule has 5 nitrogen and oxygen atoms in total. The quantitative estimate of drug-likeness (QED) is 0.727. The average molecular weight is 348 g/mol. The Kier molecular flexibility index (Phi) is 4.69. The summed E-state index contributed by atoms with van der Waals surface area (Å²) < 4.78 is 1.95. The molecule has 5 heteroatoms. The van der Waals surface area contributed by atoms with E-state index in [9.17, 15) is 4.79 Å². The van der Waals surface area contributed by atoms with Gasteiger partial charge < -0.3 is 9.47 Å². The predicted molar refractivity (Wildman–Crippen MR) is 102 cm³/mol. The van der Waals surface area contributed by atoms with Crippen molar-refractivity contribution in [1.29, 1.82) is 0 Å². The molecular formula is C21H24N4O. The Bertz CT molecular complexity index is 909. The highest BCUT2D eigenvalue weighted by molar-refractivity contribution is 5.80. The smallest absolute Gasteiger partial charge is 0.242 e. The second-order valence-electron chi connectivity index (χ2n) is 7.19. The van der Waals surface area contributed by atoms with Crippen LogP contribution >= 0.6 is 0 Å². The molecule has 0 N–H and O–H groups in total. The summed E-state index contributed by atoms with van der Waals surface area (Å²) in [6, 6.07) is 12.2. The number of aryl methyl sites for hydroxylation is 1. The molecule has 1 fully saturated rings. The normalized spacial score (nSPS) is 15.5. The molecule has 0 saturated carbocycles. The number of carbonyl (C=O) groups is 1. The van der Waals surface area contributed by atoms with Crippen LogP contribution in [0.25, 0.3) is 11.0 Å². The minimum absolute atomic E-state index is 0.186. The number of rotatable bonds is 4. The van der Waals surface area contributed by atoms with Crippen molar-refractivity contribution in [3.63, 3.8) is 0 Å². The van der Waals surface area contributed by atoms with E-state index in [1.807, 2.05) is 46.9 Å². The van der Waals surface area contributed by atoms with Crippen molar-refractivity contribution in [2.24, 2.45) is 5.92 Å². The number of para-hydroxylation sites is 2. The summed E-state index contributed by atoms with van der Waals surface area (Å²) in [6.07, 6.45) is 6.87. The minimum atomic E-state index is 0.186. The molecule has 0 bridgehead atoms. The van der Waals surface area contributed by atoms with Crippen LogP contribution in [0.4, 0.5) is 0 Å². The highest BCUT2D eigenvalue weighted by Crippen LogP contribution is 2.22. The van der Waals surface area contributed by atoms with Crippen molar-refractivity contribution >= 4 is 16.9 Å². The first-order valence-corrected chi connectivity index (χ1v) is 9.28. The van der Waals surface area contributed by atoms with E-state index < -0.39 is 0 Å². The topological polar surface area (TPSA) is 51.0 Å². The lowest BCUT2D eigenvalue weighted by Crippen LogP contribution is -2.40. The Hall–Kier alpha value is -2.69. The number of hydrogen-bond donors (Lipinski definition) is 0. The molecule has 1 aliphatic heterocycles. The van der Waals surface area contributed by atoms with Crippen molar-refractivity contribution in [3.05, 3.63) is 60.2 Å². The Labute approximate surface area is 153 Å². The fraction of sp³-hybridized carbons (Fsp3) is 0.381. The van der Waals surface area contributed by atoms with Gasteiger partial charge in [0.15, 0.2) is 0 Å². The van der Waals surface area contributed by atoms with Gasteiger partial charge in [-0.25, -0.2) is 4.98 Å². The summed E-state index contributed by atoms with van der Waals surface area (Å²) in [4.78, 5) is 23.3. The average Bonchev–Trinajstić information content (AvgIpc) is 3.05. The Morgan fingerprint density at radius 2 is 1.96 bits per heavy atom. The maximum Gasteiger partial charge on any atom is 0.242 e. The van der Waals surface area contributed by atoms with Crippen LogP contribution in [0.15, 0.2) is 48.9 Å². The van der Waals surface area contributed by atoms with Gasteiger partial charge in [-0.1, -0.05) is 12.1 Å². The van der Waals surface area contributed by atoms with Crippen LogP contribution < -0.4 is 0 Å². The predicted octanol–water partition coefficient (Wildman–Crippen LogP) is 3.22. The van der Waals surface area contributed by atoms with Gasteiger partial charge in [0.25, 0.3) is 0 Å². The molecule has 0 atom stereocenters. The number of carbonyl (C=O) groups excluding carboxylic acids is 1. The molecule has 1 amide bonds. The number of imidazole rings is 1. The van der Waals surface area contributed by atoms with Crippen LogP contribution in [0.3, 0.4) is 0 Å². The van der Waals surface area contributed by atoms with Crippen molar-refractivity contribution in [2.75, 3.05) is 13.1 Å². The van der Waals surface area contributed by atoms with Gasteiger partial charge in [-0.2, -0.15) is 0 Å². The number of piperidine rings is 1. The fourth-order valence-electron chi connectivity index (χ4n) is 3.83. The van der Waals surface area contributed by atoms with E-state index in [0.29, 0.717) is 12.5 Å². The molecule has 1 aromatic carbocycles. The van der Waals surface area contributed by atoms with Gasteiger partial charge in [0, 0.05) is 25.0 Å². The number of pyridine rings is 1. The van der Waals surface area contributed by atoms with Crippen LogP contribution in [0.2, 0.25) is 0 Å². The van der Waals surface area contributed by atoms with Crippen LogP contribution in [0.5, 0.6) is 0 Å².